The summed E-state index contributed by atoms with van der Waals surface area (Å²) in [6.07, 6.45) is 1.60. The average molecular weight is 697 g/mol. The molecule has 2 amide bonds. The van der Waals surface area contributed by atoms with Gasteiger partial charge in [0.2, 0.25) is 0 Å². The standard InChI is InChI=1S/C37H39ClF2N2O5S/c1-21(43)23-7-6-8-24(17-23)25-11-16-30(47-5)26(18-25)20-41(27-12-9-22(10-13-27)19-42(36(45)46)37(2,3)4)35(44)34-32(38)31-28(39)14-15-29(40)33(31)48-34/h6-8,11,14-18,22,27H,9-10,12-13,19-20H2,1-5H3,(H,45,46). The Bertz CT molecular complexity index is 1860. The number of ketones is 1. The number of fused-ring (bicyclic) bond motifs is 1. The van der Waals surface area contributed by atoms with E-state index in [1.807, 2.05) is 57.2 Å². The van der Waals surface area contributed by atoms with Crippen LogP contribution in [0.2, 0.25) is 5.02 Å². The van der Waals surface area contributed by atoms with Crippen LogP contribution in [0.5, 0.6) is 5.75 Å². The quantitative estimate of drug-likeness (QED) is 0.176. The molecular weight excluding hydrogens is 658 g/mol. The van der Waals surface area contributed by atoms with Crippen molar-refractivity contribution in [2.45, 2.75) is 71.5 Å². The molecule has 11 heteroatoms. The van der Waals surface area contributed by atoms with Crippen LogP contribution < -0.4 is 4.74 Å². The number of carboxylic acid groups (broad SMARTS) is 1. The summed E-state index contributed by atoms with van der Waals surface area (Å²) in [4.78, 5) is 41.8. The van der Waals surface area contributed by atoms with Gasteiger partial charge in [-0.05, 0) is 101 Å². The maximum absolute atomic E-state index is 14.8. The van der Waals surface area contributed by atoms with E-state index in [4.69, 9.17) is 16.3 Å². The fourth-order valence-electron chi connectivity index (χ4n) is 6.45. The van der Waals surface area contributed by atoms with Crippen LogP contribution >= 0.6 is 22.9 Å². The Morgan fingerprint density at radius 1 is 0.979 bits per heavy atom. The molecular formula is C37H39ClF2N2O5S. The van der Waals surface area contributed by atoms with Crippen molar-refractivity contribution in [2.24, 2.45) is 5.92 Å². The highest BCUT2D eigenvalue weighted by molar-refractivity contribution is 7.21. The van der Waals surface area contributed by atoms with Crippen molar-refractivity contribution in [2.75, 3.05) is 13.7 Å². The van der Waals surface area contributed by atoms with E-state index in [0.29, 0.717) is 49.1 Å². The number of hydrogen-bond acceptors (Lipinski definition) is 5. The summed E-state index contributed by atoms with van der Waals surface area (Å²) in [5.74, 6) is -1.21. The molecule has 0 aliphatic heterocycles. The lowest BCUT2D eigenvalue weighted by atomic mass is 9.84. The zero-order valence-electron chi connectivity index (χ0n) is 27.6. The predicted octanol–water partition coefficient (Wildman–Crippen LogP) is 9.69. The number of thiophene rings is 1. The number of amides is 2. The number of carbonyl (C=O) groups excluding carboxylic acids is 2. The van der Waals surface area contributed by atoms with Gasteiger partial charge in [-0.3, -0.25) is 9.59 Å². The van der Waals surface area contributed by atoms with Crippen molar-refractivity contribution in [1.29, 1.82) is 0 Å². The van der Waals surface area contributed by atoms with Crippen molar-refractivity contribution >= 4 is 50.8 Å². The van der Waals surface area contributed by atoms with E-state index < -0.39 is 29.2 Å². The second-order valence-corrected chi connectivity index (χ2v) is 14.7. The maximum atomic E-state index is 14.8. The number of nitrogens with zero attached hydrogens (tertiary/aromatic N) is 2. The van der Waals surface area contributed by atoms with E-state index in [2.05, 4.69) is 0 Å². The van der Waals surface area contributed by atoms with Gasteiger partial charge < -0.3 is 19.6 Å². The summed E-state index contributed by atoms with van der Waals surface area (Å²) in [5.41, 5.74) is 2.37. The zero-order valence-corrected chi connectivity index (χ0v) is 29.2. The Hall–Kier alpha value is -4.02. The summed E-state index contributed by atoms with van der Waals surface area (Å²) in [7, 11) is 1.55. The average Bonchev–Trinajstić information content (AvgIpc) is 3.41. The van der Waals surface area contributed by atoms with E-state index in [9.17, 15) is 28.3 Å². The van der Waals surface area contributed by atoms with Gasteiger partial charge in [0.25, 0.3) is 5.91 Å². The monoisotopic (exact) mass is 696 g/mol. The van der Waals surface area contributed by atoms with Crippen LogP contribution in [0, 0.1) is 17.6 Å². The van der Waals surface area contributed by atoms with Crippen LogP contribution in [0.3, 0.4) is 0 Å². The number of rotatable bonds is 9. The molecule has 1 aromatic heterocycles. The smallest absolute Gasteiger partial charge is 0.407 e. The van der Waals surface area contributed by atoms with Crippen molar-refractivity contribution in [3.05, 3.63) is 87.3 Å². The molecule has 4 aromatic rings. The maximum Gasteiger partial charge on any atom is 0.407 e. The Labute approximate surface area is 288 Å². The van der Waals surface area contributed by atoms with Gasteiger partial charge in [0.05, 0.1) is 22.2 Å². The minimum absolute atomic E-state index is 0.0205. The highest BCUT2D eigenvalue weighted by atomic mass is 35.5. The number of hydrogen-bond donors (Lipinski definition) is 1. The van der Waals surface area contributed by atoms with Crippen LogP contribution in [0.15, 0.2) is 54.6 Å². The molecule has 1 aliphatic rings. The molecule has 1 aliphatic carbocycles. The van der Waals surface area contributed by atoms with Gasteiger partial charge in [-0.1, -0.05) is 35.9 Å². The molecule has 1 heterocycles. The molecule has 0 unspecified atom stereocenters. The van der Waals surface area contributed by atoms with Crippen molar-refractivity contribution < 1.29 is 33.0 Å². The van der Waals surface area contributed by atoms with Crippen LogP contribution in [0.25, 0.3) is 21.2 Å². The lowest BCUT2D eigenvalue weighted by Crippen LogP contribution is -2.48. The molecule has 3 aromatic carbocycles. The molecule has 0 saturated heterocycles. The second kappa shape index (κ2) is 14.2. The molecule has 0 atom stereocenters. The van der Waals surface area contributed by atoms with E-state index in [-0.39, 0.29) is 44.3 Å². The molecule has 7 nitrogen and oxygen atoms in total. The SMILES string of the molecule is COc1ccc(-c2cccc(C(C)=O)c2)cc1CN(C(=O)c1sc2c(F)ccc(F)c2c1Cl)C1CCC(CN(C(=O)O)C(C)(C)C)CC1. The van der Waals surface area contributed by atoms with Gasteiger partial charge in [-0.25, -0.2) is 13.6 Å². The van der Waals surface area contributed by atoms with E-state index >= 15 is 0 Å². The van der Waals surface area contributed by atoms with Gasteiger partial charge in [0.15, 0.2) is 5.78 Å². The number of Topliss-reactive ketones (excluding diaryl/α,β-unsaturated/α-hetero) is 1. The van der Waals surface area contributed by atoms with Crippen molar-refractivity contribution in [3.8, 4) is 16.9 Å². The number of carbonyl (C=O) groups is 3. The van der Waals surface area contributed by atoms with Gasteiger partial charge in [-0.15, -0.1) is 11.3 Å². The first-order valence-electron chi connectivity index (χ1n) is 15.8. The Morgan fingerprint density at radius 2 is 1.65 bits per heavy atom. The summed E-state index contributed by atoms with van der Waals surface area (Å²) >= 11 is 7.45. The van der Waals surface area contributed by atoms with Gasteiger partial charge in [-0.2, -0.15) is 0 Å². The van der Waals surface area contributed by atoms with Crippen molar-refractivity contribution in [3.63, 3.8) is 0 Å². The third-order valence-corrected chi connectivity index (χ3v) is 10.8. The largest absolute Gasteiger partial charge is 0.496 e. The Morgan fingerprint density at radius 3 is 2.25 bits per heavy atom. The third-order valence-electron chi connectivity index (χ3n) is 9.10. The Balaban J connectivity index is 1.51. The molecule has 0 bridgehead atoms. The van der Waals surface area contributed by atoms with Gasteiger partial charge in [0, 0.05) is 35.8 Å². The highest BCUT2D eigenvalue weighted by Crippen LogP contribution is 2.41. The Kier molecular flexibility index (Phi) is 10.5. The lowest BCUT2D eigenvalue weighted by Gasteiger charge is -2.40. The fraction of sp³-hybridized carbons (Fsp3) is 0.378. The first-order valence-corrected chi connectivity index (χ1v) is 17.0. The molecule has 254 valence electrons. The molecule has 48 heavy (non-hydrogen) atoms. The normalized spacial score (nSPS) is 16.5. The minimum atomic E-state index is -0.971. The first-order chi connectivity index (χ1) is 22.7. The number of halogens is 3. The molecule has 0 spiro atoms. The minimum Gasteiger partial charge on any atom is -0.496 e. The molecule has 1 fully saturated rings. The number of benzene rings is 3. The fourth-order valence-corrected chi connectivity index (χ4v) is 7.96. The third kappa shape index (κ3) is 7.34. The topological polar surface area (TPSA) is 87.2 Å². The highest BCUT2D eigenvalue weighted by Gasteiger charge is 2.35. The van der Waals surface area contributed by atoms with Crippen LogP contribution in [0.4, 0.5) is 13.6 Å². The second-order valence-electron chi connectivity index (χ2n) is 13.3. The van der Waals surface area contributed by atoms with Crippen LogP contribution in [-0.4, -0.2) is 57.9 Å². The molecule has 1 saturated carbocycles. The van der Waals surface area contributed by atoms with Crippen LogP contribution in [0.1, 0.15) is 79.0 Å². The van der Waals surface area contributed by atoms with E-state index in [1.54, 1.807) is 18.1 Å². The summed E-state index contributed by atoms with van der Waals surface area (Å²) in [6.45, 7) is 7.62. The van der Waals surface area contributed by atoms with Gasteiger partial charge in [0.1, 0.15) is 22.3 Å². The molecule has 5 rings (SSSR count). The molecule has 1 N–H and O–H groups in total. The zero-order chi connectivity index (χ0) is 34.9. The van der Waals surface area contributed by atoms with E-state index in [0.717, 1.165) is 34.6 Å². The van der Waals surface area contributed by atoms with E-state index in [1.165, 1.54) is 11.8 Å². The van der Waals surface area contributed by atoms with Gasteiger partial charge >= 0.3 is 6.09 Å². The molecule has 0 radical (unpaired) electrons. The summed E-state index contributed by atoms with van der Waals surface area (Å²) in [6, 6.07) is 14.7. The van der Waals surface area contributed by atoms with Crippen molar-refractivity contribution in [1.82, 2.24) is 9.80 Å². The first kappa shape index (κ1) is 35.3. The summed E-state index contributed by atoms with van der Waals surface area (Å²) in [5, 5.41) is 9.60. The number of methoxy groups -OCH3 is 1. The summed E-state index contributed by atoms with van der Waals surface area (Å²) < 4.78 is 35.3. The number of ether oxygens (including phenoxy) is 1. The lowest BCUT2D eigenvalue weighted by molar-refractivity contribution is 0.0535. The predicted molar refractivity (Wildman–Crippen MR) is 185 cm³/mol. The van der Waals surface area contributed by atoms with Crippen LogP contribution in [-0.2, 0) is 6.54 Å².